The summed E-state index contributed by atoms with van der Waals surface area (Å²) >= 11 is 0. The minimum Gasteiger partial charge on any atom is -0.477 e. The second-order valence-electron chi connectivity index (χ2n) is 4.14. The van der Waals surface area contributed by atoms with Gasteiger partial charge in [0.05, 0.1) is 12.3 Å². The summed E-state index contributed by atoms with van der Waals surface area (Å²) in [5, 5.41) is 11.7. The van der Waals surface area contributed by atoms with Crippen molar-refractivity contribution in [2.75, 3.05) is 17.7 Å². The van der Waals surface area contributed by atoms with E-state index in [0.717, 1.165) is 0 Å². The summed E-state index contributed by atoms with van der Waals surface area (Å²) in [5.41, 5.74) is 6.65. The molecule has 2 rings (SSSR count). The van der Waals surface area contributed by atoms with Gasteiger partial charge in [0.15, 0.2) is 0 Å². The monoisotopic (exact) mass is 282 g/mol. The Kier molecular flexibility index (Phi) is 4.36. The number of ether oxygens (including phenoxy) is 1. The van der Waals surface area contributed by atoms with E-state index in [2.05, 4.69) is 10.3 Å². The molecule has 0 atom stereocenters. The van der Waals surface area contributed by atoms with Crippen molar-refractivity contribution in [3.05, 3.63) is 47.5 Å². The molecule has 1 aromatic carbocycles. The summed E-state index contributed by atoms with van der Waals surface area (Å²) in [4.78, 5) is 16.2. The second-order valence-corrected chi connectivity index (χ2v) is 4.14. The Morgan fingerprint density at radius 2 is 2.14 bits per heavy atom. The average Bonchev–Trinajstić information content (AvgIpc) is 2.48. The molecule has 1 amide bonds. The third kappa shape index (κ3) is 3.28. The number of hydrogen-bond donors (Lipinski definition) is 2. The van der Waals surface area contributed by atoms with Crippen LogP contribution in [0, 0.1) is 11.3 Å². The molecule has 2 aromatic rings. The van der Waals surface area contributed by atoms with Crippen LogP contribution in [0.15, 0.2) is 36.4 Å². The quantitative estimate of drug-likeness (QED) is 0.895. The lowest BCUT2D eigenvalue weighted by atomic mass is 10.2. The van der Waals surface area contributed by atoms with Crippen LogP contribution < -0.4 is 15.8 Å². The fourth-order valence-electron chi connectivity index (χ4n) is 1.74. The van der Waals surface area contributed by atoms with Crippen LogP contribution in [0.1, 0.15) is 22.8 Å². The van der Waals surface area contributed by atoms with E-state index >= 15 is 0 Å². The van der Waals surface area contributed by atoms with E-state index in [0.29, 0.717) is 12.2 Å². The molecule has 3 N–H and O–H groups in total. The van der Waals surface area contributed by atoms with Crippen molar-refractivity contribution in [3.63, 3.8) is 0 Å². The minimum absolute atomic E-state index is 0.114. The van der Waals surface area contributed by atoms with Crippen molar-refractivity contribution in [3.8, 4) is 11.9 Å². The molecule has 0 spiro atoms. The van der Waals surface area contributed by atoms with Crippen LogP contribution in [0.3, 0.4) is 0 Å². The normalized spacial score (nSPS) is 9.71. The molecule has 1 aromatic heterocycles. The average molecular weight is 282 g/mol. The summed E-state index contributed by atoms with van der Waals surface area (Å²) < 4.78 is 5.27. The van der Waals surface area contributed by atoms with Gasteiger partial charge in [0, 0.05) is 11.6 Å². The summed E-state index contributed by atoms with van der Waals surface area (Å²) in [5.74, 6) is 0.0434. The third-order valence-corrected chi connectivity index (χ3v) is 2.69. The number of nitrogens with two attached hydrogens (primary N) is 1. The fourth-order valence-corrected chi connectivity index (χ4v) is 1.74. The Labute approximate surface area is 122 Å². The molecule has 106 valence electrons. The van der Waals surface area contributed by atoms with Crippen LogP contribution in [-0.4, -0.2) is 17.5 Å². The van der Waals surface area contributed by atoms with Gasteiger partial charge in [-0.25, -0.2) is 0 Å². The first-order valence-electron chi connectivity index (χ1n) is 6.35. The molecule has 21 heavy (non-hydrogen) atoms. The Morgan fingerprint density at radius 1 is 1.43 bits per heavy atom. The number of nitriles is 1. The topological polar surface area (TPSA) is 101 Å². The number of nitrogens with one attached hydrogen (secondary N) is 1. The van der Waals surface area contributed by atoms with E-state index in [9.17, 15) is 4.79 Å². The van der Waals surface area contributed by atoms with E-state index in [1.807, 2.05) is 12.1 Å². The highest BCUT2D eigenvalue weighted by atomic mass is 16.5. The number of carbonyl (C=O) groups is 1. The third-order valence-electron chi connectivity index (χ3n) is 2.69. The lowest BCUT2D eigenvalue weighted by Gasteiger charge is -2.10. The second kappa shape index (κ2) is 6.39. The lowest BCUT2D eigenvalue weighted by molar-refractivity contribution is 0.102. The van der Waals surface area contributed by atoms with Crippen LogP contribution in [-0.2, 0) is 0 Å². The number of pyridine rings is 1. The minimum atomic E-state index is -0.311. The van der Waals surface area contributed by atoms with Gasteiger partial charge in [-0.05, 0) is 19.1 Å². The fraction of sp³-hybridized carbons (Fsp3) is 0.133. The Morgan fingerprint density at radius 3 is 2.76 bits per heavy atom. The molecule has 0 saturated carbocycles. The number of aromatic nitrogens is 1. The molecular formula is C15H14N4O2. The number of rotatable bonds is 4. The number of anilines is 2. The zero-order valence-electron chi connectivity index (χ0n) is 11.5. The van der Waals surface area contributed by atoms with E-state index in [4.69, 9.17) is 15.7 Å². The SMILES string of the molecule is CCOc1nc(NC(=O)c2ccccc2)cc(N)c1C#N. The first-order chi connectivity index (χ1) is 10.2. The van der Waals surface area contributed by atoms with Crippen molar-refractivity contribution in [2.45, 2.75) is 6.92 Å². The molecule has 1 heterocycles. The van der Waals surface area contributed by atoms with Gasteiger partial charge < -0.3 is 15.8 Å². The molecule has 0 radical (unpaired) electrons. The Balaban J connectivity index is 2.29. The summed E-state index contributed by atoms with van der Waals surface area (Å²) in [6, 6.07) is 12.1. The van der Waals surface area contributed by atoms with E-state index in [-0.39, 0.29) is 28.9 Å². The zero-order chi connectivity index (χ0) is 15.2. The van der Waals surface area contributed by atoms with Gasteiger partial charge in [-0.2, -0.15) is 10.2 Å². The maximum absolute atomic E-state index is 12.1. The number of hydrogen-bond acceptors (Lipinski definition) is 5. The van der Waals surface area contributed by atoms with Crippen LogP contribution in [0.4, 0.5) is 11.5 Å². The van der Waals surface area contributed by atoms with E-state index in [1.165, 1.54) is 6.07 Å². The Hall–Kier alpha value is -3.07. The van der Waals surface area contributed by atoms with Gasteiger partial charge in [0.1, 0.15) is 17.5 Å². The van der Waals surface area contributed by atoms with Gasteiger partial charge >= 0.3 is 0 Å². The molecule has 0 bridgehead atoms. The first kappa shape index (κ1) is 14.3. The number of carbonyl (C=O) groups excluding carboxylic acids is 1. The van der Waals surface area contributed by atoms with Gasteiger partial charge in [-0.15, -0.1) is 0 Å². The number of amides is 1. The first-order valence-corrected chi connectivity index (χ1v) is 6.35. The van der Waals surface area contributed by atoms with Crippen molar-refractivity contribution < 1.29 is 9.53 Å². The van der Waals surface area contributed by atoms with Gasteiger partial charge in [0.25, 0.3) is 5.91 Å². The maximum Gasteiger partial charge on any atom is 0.256 e. The van der Waals surface area contributed by atoms with Crippen molar-refractivity contribution >= 4 is 17.4 Å². The molecule has 0 fully saturated rings. The smallest absolute Gasteiger partial charge is 0.256 e. The highest BCUT2D eigenvalue weighted by Crippen LogP contribution is 2.25. The van der Waals surface area contributed by atoms with Crippen LogP contribution >= 0.6 is 0 Å². The molecule has 0 unspecified atom stereocenters. The maximum atomic E-state index is 12.1. The molecule has 0 aliphatic rings. The van der Waals surface area contributed by atoms with Crippen molar-refractivity contribution in [1.82, 2.24) is 4.98 Å². The van der Waals surface area contributed by atoms with Crippen molar-refractivity contribution in [2.24, 2.45) is 0 Å². The predicted molar refractivity (Wildman–Crippen MR) is 78.9 cm³/mol. The van der Waals surface area contributed by atoms with Crippen LogP contribution in [0.25, 0.3) is 0 Å². The summed E-state index contributed by atoms with van der Waals surface area (Å²) in [6.07, 6.45) is 0. The van der Waals surface area contributed by atoms with Gasteiger partial charge in [-0.1, -0.05) is 18.2 Å². The molecule has 6 nitrogen and oxygen atoms in total. The standard InChI is InChI=1S/C15H14N4O2/c1-2-21-15-11(9-16)12(17)8-13(19-15)18-14(20)10-6-4-3-5-7-10/h3-8H,2H2,1H3,(H3,17,18,19,20). The largest absolute Gasteiger partial charge is 0.477 e. The van der Waals surface area contributed by atoms with Gasteiger partial charge in [0.2, 0.25) is 5.88 Å². The molecular weight excluding hydrogens is 268 g/mol. The molecule has 6 heteroatoms. The summed E-state index contributed by atoms with van der Waals surface area (Å²) in [6.45, 7) is 2.12. The number of benzene rings is 1. The molecule has 0 saturated heterocycles. The van der Waals surface area contributed by atoms with Crippen molar-refractivity contribution in [1.29, 1.82) is 5.26 Å². The Bertz CT molecular complexity index is 693. The van der Waals surface area contributed by atoms with Gasteiger partial charge in [-0.3, -0.25) is 4.79 Å². The molecule has 0 aliphatic carbocycles. The van der Waals surface area contributed by atoms with E-state index < -0.39 is 0 Å². The number of nitrogens with zero attached hydrogens (tertiary/aromatic N) is 2. The lowest BCUT2D eigenvalue weighted by Crippen LogP contribution is -2.14. The highest BCUT2D eigenvalue weighted by Gasteiger charge is 2.13. The zero-order valence-corrected chi connectivity index (χ0v) is 11.5. The number of nitrogen functional groups attached to an aromatic ring is 1. The molecule has 0 aliphatic heterocycles. The van der Waals surface area contributed by atoms with E-state index in [1.54, 1.807) is 31.2 Å². The van der Waals surface area contributed by atoms with Crippen LogP contribution in [0.5, 0.6) is 5.88 Å². The predicted octanol–water partition coefficient (Wildman–Crippen LogP) is 2.19. The van der Waals surface area contributed by atoms with Crippen LogP contribution in [0.2, 0.25) is 0 Å². The summed E-state index contributed by atoms with van der Waals surface area (Å²) in [7, 11) is 0. The highest BCUT2D eigenvalue weighted by molar-refractivity contribution is 6.04.